The molecule has 0 aliphatic heterocycles. The Morgan fingerprint density at radius 1 is 1.67 bits per heavy atom. The molecule has 0 aliphatic rings. The molecule has 4 nitrogen and oxygen atoms in total. The Hall–Kier alpha value is -1.29. The fraction of sp³-hybridized carbons (Fsp3) is 0.545. The fourth-order valence-electron chi connectivity index (χ4n) is 1.29. The SMILES string of the molecule is CCCC(=O)NCCC(O)c1ccco1. The molecule has 1 rings (SSSR count). The number of carbonyl (C=O) groups is 1. The number of hydrogen-bond donors (Lipinski definition) is 2. The third kappa shape index (κ3) is 4.16. The molecule has 0 saturated carbocycles. The van der Waals surface area contributed by atoms with E-state index in [1.165, 1.54) is 6.26 Å². The average molecular weight is 211 g/mol. The lowest BCUT2D eigenvalue weighted by molar-refractivity contribution is -0.121. The van der Waals surface area contributed by atoms with Crippen molar-refractivity contribution in [3.8, 4) is 0 Å². The Balaban J connectivity index is 2.18. The van der Waals surface area contributed by atoms with Crippen LogP contribution < -0.4 is 5.32 Å². The van der Waals surface area contributed by atoms with Crippen LogP contribution >= 0.6 is 0 Å². The fourth-order valence-corrected chi connectivity index (χ4v) is 1.29. The predicted molar refractivity (Wildman–Crippen MR) is 56.2 cm³/mol. The number of carbonyl (C=O) groups excluding carboxylic acids is 1. The van der Waals surface area contributed by atoms with Crippen molar-refractivity contribution in [3.63, 3.8) is 0 Å². The van der Waals surface area contributed by atoms with Crippen molar-refractivity contribution in [1.82, 2.24) is 5.32 Å². The van der Waals surface area contributed by atoms with Gasteiger partial charge in [-0.25, -0.2) is 0 Å². The second kappa shape index (κ2) is 6.24. The molecular weight excluding hydrogens is 194 g/mol. The molecule has 0 aromatic carbocycles. The number of aliphatic hydroxyl groups excluding tert-OH is 1. The van der Waals surface area contributed by atoms with E-state index in [0.29, 0.717) is 25.1 Å². The first kappa shape index (κ1) is 11.8. The topological polar surface area (TPSA) is 62.5 Å². The van der Waals surface area contributed by atoms with Gasteiger partial charge in [-0.15, -0.1) is 0 Å². The Labute approximate surface area is 89.3 Å². The highest BCUT2D eigenvalue weighted by molar-refractivity contribution is 5.75. The summed E-state index contributed by atoms with van der Waals surface area (Å²) in [5.74, 6) is 0.573. The maximum atomic E-state index is 11.1. The molecule has 0 aliphatic carbocycles. The summed E-state index contributed by atoms with van der Waals surface area (Å²) in [5, 5.41) is 12.3. The van der Waals surface area contributed by atoms with Crippen LogP contribution in [-0.4, -0.2) is 17.6 Å². The standard InChI is InChI=1S/C11H17NO3/c1-2-4-11(14)12-7-6-9(13)10-5-3-8-15-10/h3,5,8-9,13H,2,4,6-7H2,1H3,(H,12,14). The summed E-state index contributed by atoms with van der Waals surface area (Å²) in [6, 6.07) is 3.45. The Morgan fingerprint density at radius 2 is 2.47 bits per heavy atom. The predicted octanol–water partition coefficient (Wildman–Crippen LogP) is 1.62. The highest BCUT2D eigenvalue weighted by Gasteiger charge is 2.10. The van der Waals surface area contributed by atoms with E-state index >= 15 is 0 Å². The van der Waals surface area contributed by atoms with Crippen molar-refractivity contribution in [2.45, 2.75) is 32.3 Å². The Morgan fingerprint density at radius 3 is 3.07 bits per heavy atom. The zero-order valence-electron chi connectivity index (χ0n) is 8.90. The van der Waals surface area contributed by atoms with Crippen molar-refractivity contribution in [2.75, 3.05) is 6.54 Å². The maximum Gasteiger partial charge on any atom is 0.219 e. The second-order valence-electron chi connectivity index (χ2n) is 3.42. The zero-order valence-corrected chi connectivity index (χ0v) is 8.90. The largest absolute Gasteiger partial charge is 0.467 e. The van der Waals surface area contributed by atoms with Crippen LogP contribution in [-0.2, 0) is 4.79 Å². The van der Waals surface area contributed by atoms with Crippen LogP contribution in [0.5, 0.6) is 0 Å². The molecule has 1 amide bonds. The molecule has 1 atom stereocenters. The van der Waals surface area contributed by atoms with Crippen LogP contribution in [0.2, 0.25) is 0 Å². The molecule has 1 aromatic rings. The number of aliphatic hydroxyl groups is 1. The lowest BCUT2D eigenvalue weighted by atomic mass is 10.2. The van der Waals surface area contributed by atoms with Crippen LogP contribution in [0.1, 0.15) is 38.1 Å². The summed E-state index contributed by atoms with van der Waals surface area (Å²) in [4.78, 5) is 11.1. The minimum absolute atomic E-state index is 0.0316. The first-order valence-electron chi connectivity index (χ1n) is 5.22. The van der Waals surface area contributed by atoms with Crippen LogP contribution in [0.25, 0.3) is 0 Å². The molecule has 0 spiro atoms. The van der Waals surface area contributed by atoms with Crippen molar-refractivity contribution < 1.29 is 14.3 Å². The van der Waals surface area contributed by atoms with Gasteiger partial charge in [-0.05, 0) is 25.0 Å². The van der Waals surface area contributed by atoms with Gasteiger partial charge in [-0.1, -0.05) is 6.92 Å². The summed E-state index contributed by atoms with van der Waals surface area (Å²) in [7, 11) is 0. The van der Waals surface area contributed by atoms with Crippen molar-refractivity contribution in [1.29, 1.82) is 0 Å². The molecule has 1 aromatic heterocycles. The zero-order chi connectivity index (χ0) is 11.1. The van der Waals surface area contributed by atoms with Crippen LogP contribution in [0.4, 0.5) is 0 Å². The normalized spacial score (nSPS) is 12.4. The van der Waals surface area contributed by atoms with Crippen LogP contribution in [0, 0.1) is 0 Å². The second-order valence-corrected chi connectivity index (χ2v) is 3.42. The van der Waals surface area contributed by atoms with Crippen molar-refractivity contribution in [2.24, 2.45) is 0 Å². The van der Waals surface area contributed by atoms with Crippen molar-refractivity contribution >= 4 is 5.91 Å². The quantitative estimate of drug-likeness (QED) is 0.751. The molecule has 1 unspecified atom stereocenters. The van der Waals surface area contributed by atoms with Crippen LogP contribution in [0.15, 0.2) is 22.8 Å². The maximum absolute atomic E-state index is 11.1. The molecule has 84 valence electrons. The Kier molecular flexibility index (Phi) is 4.90. The first-order chi connectivity index (χ1) is 7.24. The molecule has 1 heterocycles. The molecule has 15 heavy (non-hydrogen) atoms. The number of furan rings is 1. The minimum Gasteiger partial charge on any atom is -0.467 e. The smallest absolute Gasteiger partial charge is 0.219 e. The number of nitrogens with one attached hydrogen (secondary N) is 1. The van der Waals surface area contributed by atoms with Gasteiger partial charge in [-0.3, -0.25) is 4.79 Å². The summed E-state index contributed by atoms with van der Waals surface area (Å²) >= 11 is 0. The lowest BCUT2D eigenvalue weighted by Crippen LogP contribution is -2.25. The van der Waals surface area contributed by atoms with Gasteiger partial charge >= 0.3 is 0 Å². The van der Waals surface area contributed by atoms with Gasteiger partial charge in [-0.2, -0.15) is 0 Å². The number of hydrogen-bond acceptors (Lipinski definition) is 3. The summed E-state index contributed by atoms with van der Waals surface area (Å²) in [6.45, 7) is 2.43. The molecule has 0 fully saturated rings. The van der Waals surface area contributed by atoms with Gasteiger partial charge in [0.05, 0.1) is 6.26 Å². The molecule has 0 saturated heterocycles. The van der Waals surface area contributed by atoms with Crippen molar-refractivity contribution in [3.05, 3.63) is 24.2 Å². The summed E-state index contributed by atoms with van der Waals surface area (Å²) < 4.78 is 5.04. The highest BCUT2D eigenvalue weighted by Crippen LogP contribution is 2.15. The summed E-state index contributed by atoms with van der Waals surface area (Å²) in [6.07, 6.45) is 2.74. The molecule has 0 bridgehead atoms. The van der Waals surface area contributed by atoms with Gasteiger partial charge in [0.15, 0.2) is 0 Å². The molecular formula is C11H17NO3. The van der Waals surface area contributed by atoms with Crippen LogP contribution in [0.3, 0.4) is 0 Å². The molecule has 4 heteroatoms. The lowest BCUT2D eigenvalue weighted by Gasteiger charge is -2.08. The monoisotopic (exact) mass is 211 g/mol. The average Bonchev–Trinajstić information content (AvgIpc) is 2.70. The van der Waals surface area contributed by atoms with E-state index in [1.54, 1.807) is 12.1 Å². The van der Waals surface area contributed by atoms with E-state index in [2.05, 4.69) is 5.32 Å². The minimum atomic E-state index is -0.637. The summed E-state index contributed by atoms with van der Waals surface area (Å²) in [5.41, 5.74) is 0. The van der Waals surface area contributed by atoms with Gasteiger partial charge in [0, 0.05) is 13.0 Å². The number of rotatable bonds is 6. The molecule has 2 N–H and O–H groups in total. The van der Waals surface area contributed by atoms with E-state index in [-0.39, 0.29) is 5.91 Å². The van der Waals surface area contributed by atoms with E-state index in [4.69, 9.17) is 4.42 Å². The van der Waals surface area contributed by atoms with Gasteiger partial charge < -0.3 is 14.8 Å². The Bertz CT molecular complexity index is 282. The first-order valence-corrected chi connectivity index (χ1v) is 5.22. The van der Waals surface area contributed by atoms with E-state index < -0.39 is 6.10 Å². The van der Waals surface area contributed by atoms with Gasteiger partial charge in [0.2, 0.25) is 5.91 Å². The number of amides is 1. The van der Waals surface area contributed by atoms with E-state index in [1.807, 2.05) is 6.92 Å². The van der Waals surface area contributed by atoms with E-state index in [9.17, 15) is 9.90 Å². The van der Waals surface area contributed by atoms with Gasteiger partial charge in [0.25, 0.3) is 0 Å². The van der Waals surface area contributed by atoms with E-state index in [0.717, 1.165) is 6.42 Å². The highest BCUT2D eigenvalue weighted by atomic mass is 16.4. The third-order valence-electron chi connectivity index (χ3n) is 2.09. The third-order valence-corrected chi connectivity index (χ3v) is 2.09. The molecule has 0 radical (unpaired) electrons. The van der Waals surface area contributed by atoms with Gasteiger partial charge in [0.1, 0.15) is 11.9 Å².